The van der Waals surface area contributed by atoms with Crippen LogP contribution < -0.4 is 10.2 Å². The van der Waals surface area contributed by atoms with Crippen LogP contribution in [-0.4, -0.2) is 27.9 Å². The van der Waals surface area contributed by atoms with Gasteiger partial charge in [0.15, 0.2) is 5.82 Å². The molecule has 3 aromatic rings. The molecule has 1 amide bonds. The molecule has 7 nitrogen and oxygen atoms in total. The lowest BCUT2D eigenvalue weighted by Crippen LogP contribution is -2.17. The third kappa shape index (κ3) is 2.97. The molecule has 0 fully saturated rings. The van der Waals surface area contributed by atoms with E-state index >= 15 is 0 Å². The van der Waals surface area contributed by atoms with Crippen LogP contribution in [0.25, 0.3) is 11.0 Å². The Bertz CT molecular complexity index is 1030. The standard InChI is InChI=1S/C19H20N6O/c1-5-14-8-13(9-20)6-7-15(14)25(4)19-11(2)16-17(22-10-21-16)18(24-19)23-12(3)26/h6-8,10H,5H2,1-4H3,(H,21,22)(H,23,24,26). The Morgan fingerprint density at radius 1 is 1.42 bits per heavy atom. The molecule has 3 rings (SSSR count). The normalized spacial score (nSPS) is 10.6. The molecule has 2 heterocycles. The van der Waals surface area contributed by atoms with Gasteiger partial charge < -0.3 is 15.2 Å². The van der Waals surface area contributed by atoms with Gasteiger partial charge in [0.2, 0.25) is 5.91 Å². The zero-order valence-corrected chi connectivity index (χ0v) is 15.2. The highest BCUT2D eigenvalue weighted by molar-refractivity contribution is 5.99. The topological polar surface area (TPSA) is 97.7 Å². The highest BCUT2D eigenvalue weighted by atomic mass is 16.1. The number of aromatic amines is 1. The zero-order chi connectivity index (χ0) is 18.8. The van der Waals surface area contributed by atoms with Gasteiger partial charge in [-0.1, -0.05) is 6.92 Å². The molecule has 0 aliphatic carbocycles. The number of pyridine rings is 1. The first kappa shape index (κ1) is 17.4. The molecule has 7 heteroatoms. The van der Waals surface area contributed by atoms with Crippen molar-refractivity contribution < 1.29 is 4.79 Å². The molecule has 26 heavy (non-hydrogen) atoms. The van der Waals surface area contributed by atoms with E-state index in [4.69, 9.17) is 5.26 Å². The SMILES string of the molecule is CCc1cc(C#N)ccc1N(C)c1nc(NC(C)=O)c2nc[nH]c2c1C. The average molecular weight is 348 g/mol. The van der Waals surface area contributed by atoms with Gasteiger partial charge in [0, 0.05) is 25.2 Å². The van der Waals surface area contributed by atoms with Crippen molar-refractivity contribution in [3.8, 4) is 6.07 Å². The summed E-state index contributed by atoms with van der Waals surface area (Å²) in [5.74, 6) is 0.935. The molecule has 2 N–H and O–H groups in total. The molecule has 0 aliphatic rings. The molecule has 0 bridgehead atoms. The molecule has 0 saturated carbocycles. The highest BCUT2D eigenvalue weighted by Gasteiger charge is 2.19. The van der Waals surface area contributed by atoms with Gasteiger partial charge in [-0.05, 0) is 37.1 Å². The van der Waals surface area contributed by atoms with Crippen LogP contribution in [0.2, 0.25) is 0 Å². The summed E-state index contributed by atoms with van der Waals surface area (Å²) in [5.41, 5.74) is 5.04. The second-order valence-electron chi connectivity index (χ2n) is 6.08. The van der Waals surface area contributed by atoms with Gasteiger partial charge in [0.1, 0.15) is 11.3 Å². The van der Waals surface area contributed by atoms with Crippen LogP contribution in [0.15, 0.2) is 24.5 Å². The number of aryl methyl sites for hydroxylation is 2. The summed E-state index contributed by atoms with van der Waals surface area (Å²) in [6.07, 6.45) is 2.38. The number of aromatic nitrogens is 3. The molecule has 0 radical (unpaired) electrons. The van der Waals surface area contributed by atoms with Crippen molar-refractivity contribution in [2.45, 2.75) is 27.2 Å². The average Bonchev–Trinajstić information content (AvgIpc) is 3.13. The molecule has 2 aromatic heterocycles. The third-order valence-electron chi connectivity index (χ3n) is 4.35. The largest absolute Gasteiger partial charge is 0.344 e. The minimum Gasteiger partial charge on any atom is -0.344 e. The Kier molecular flexibility index (Phi) is 4.59. The maximum Gasteiger partial charge on any atom is 0.222 e. The quantitative estimate of drug-likeness (QED) is 0.753. The van der Waals surface area contributed by atoms with Crippen LogP contribution in [0, 0.1) is 18.3 Å². The van der Waals surface area contributed by atoms with Crippen molar-refractivity contribution in [1.29, 1.82) is 5.26 Å². The Hall–Kier alpha value is -3.40. The van der Waals surface area contributed by atoms with E-state index in [9.17, 15) is 4.79 Å². The van der Waals surface area contributed by atoms with E-state index in [2.05, 4.69) is 33.3 Å². The monoisotopic (exact) mass is 348 g/mol. The van der Waals surface area contributed by atoms with Gasteiger partial charge >= 0.3 is 0 Å². The molecule has 0 aliphatic heterocycles. The number of hydrogen-bond acceptors (Lipinski definition) is 5. The maximum absolute atomic E-state index is 11.6. The smallest absolute Gasteiger partial charge is 0.222 e. The van der Waals surface area contributed by atoms with E-state index in [1.807, 2.05) is 31.0 Å². The third-order valence-corrected chi connectivity index (χ3v) is 4.35. The number of amides is 1. The molecule has 0 saturated heterocycles. The van der Waals surface area contributed by atoms with Crippen molar-refractivity contribution in [3.05, 3.63) is 41.2 Å². The summed E-state index contributed by atoms with van der Waals surface area (Å²) in [7, 11) is 1.93. The number of nitrogens with one attached hydrogen (secondary N) is 2. The number of carbonyl (C=O) groups excluding carboxylic acids is 1. The number of nitriles is 1. The number of H-pyrrole nitrogens is 1. The Morgan fingerprint density at radius 3 is 2.85 bits per heavy atom. The number of hydrogen-bond donors (Lipinski definition) is 2. The van der Waals surface area contributed by atoms with Crippen molar-refractivity contribution in [1.82, 2.24) is 15.0 Å². The van der Waals surface area contributed by atoms with Gasteiger partial charge in [0.25, 0.3) is 0 Å². The van der Waals surface area contributed by atoms with Gasteiger partial charge in [-0.15, -0.1) is 0 Å². The molecule has 0 unspecified atom stereocenters. The molecular formula is C19H20N6O. The van der Waals surface area contributed by atoms with E-state index in [1.165, 1.54) is 6.92 Å². The number of nitrogens with zero attached hydrogens (tertiary/aromatic N) is 4. The van der Waals surface area contributed by atoms with Gasteiger partial charge in [-0.25, -0.2) is 9.97 Å². The lowest BCUT2D eigenvalue weighted by atomic mass is 10.1. The molecule has 0 spiro atoms. The predicted octanol–water partition coefficient (Wildman–Crippen LogP) is 3.43. The van der Waals surface area contributed by atoms with Crippen LogP contribution in [0.5, 0.6) is 0 Å². The number of benzene rings is 1. The fraction of sp³-hybridized carbons (Fsp3) is 0.263. The Morgan fingerprint density at radius 2 is 2.19 bits per heavy atom. The van der Waals surface area contributed by atoms with Crippen molar-refractivity contribution in [2.24, 2.45) is 0 Å². The second kappa shape index (κ2) is 6.84. The summed E-state index contributed by atoms with van der Waals surface area (Å²) in [5, 5.41) is 11.9. The first-order chi connectivity index (χ1) is 12.5. The van der Waals surface area contributed by atoms with Crippen molar-refractivity contribution in [2.75, 3.05) is 17.3 Å². The minimum atomic E-state index is -0.202. The van der Waals surface area contributed by atoms with Crippen molar-refractivity contribution >= 4 is 34.3 Å². The summed E-state index contributed by atoms with van der Waals surface area (Å²) in [4.78, 5) is 25.6. The van der Waals surface area contributed by atoms with Gasteiger partial charge in [0.05, 0.1) is 23.5 Å². The summed E-state index contributed by atoms with van der Waals surface area (Å²) >= 11 is 0. The van der Waals surface area contributed by atoms with Crippen LogP contribution >= 0.6 is 0 Å². The van der Waals surface area contributed by atoms with Gasteiger partial charge in [-0.3, -0.25) is 4.79 Å². The lowest BCUT2D eigenvalue weighted by molar-refractivity contribution is -0.114. The first-order valence-electron chi connectivity index (χ1n) is 8.34. The van der Waals surface area contributed by atoms with E-state index < -0.39 is 0 Å². The van der Waals surface area contributed by atoms with Gasteiger partial charge in [-0.2, -0.15) is 5.26 Å². The second-order valence-corrected chi connectivity index (χ2v) is 6.08. The van der Waals surface area contributed by atoms with Crippen molar-refractivity contribution in [3.63, 3.8) is 0 Å². The van der Waals surface area contributed by atoms with E-state index in [0.717, 1.165) is 28.8 Å². The number of anilines is 3. The van der Waals surface area contributed by atoms with Crippen LogP contribution in [0.4, 0.5) is 17.3 Å². The zero-order valence-electron chi connectivity index (χ0n) is 15.2. The number of fused-ring (bicyclic) bond motifs is 1. The highest BCUT2D eigenvalue weighted by Crippen LogP contribution is 2.34. The van der Waals surface area contributed by atoms with Crippen LogP contribution in [-0.2, 0) is 11.2 Å². The van der Waals surface area contributed by atoms with E-state index in [1.54, 1.807) is 12.4 Å². The number of rotatable bonds is 4. The maximum atomic E-state index is 11.6. The fourth-order valence-corrected chi connectivity index (χ4v) is 3.07. The Balaban J connectivity index is 2.17. The minimum absolute atomic E-state index is 0.202. The first-order valence-corrected chi connectivity index (χ1v) is 8.34. The van der Waals surface area contributed by atoms with Crippen LogP contribution in [0.3, 0.4) is 0 Å². The predicted molar refractivity (Wildman–Crippen MR) is 102 cm³/mol. The lowest BCUT2D eigenvalue weighted by Gasteiger charge is -2.24. The Labute approximate surface area is 151 Å². The van der Waals surface area contributed by atoms with Crippen LogP contribution in [0.1, 0.15) is 30.5 Å². The van der Waals surface area contributed by atoms with E-state index in [-0.39, 0.29) is 5.91 Å². The molecule has 132 valence electrons. The summed E-state index contributed by atoms with van der Waals surface area (Å²) in [6.45, 7) is 5.46. The summed E-state index contributed by atoms with van der Waals surface area (Å²) < 4.78 is 0. The molecule has 0 atom stereocenters. The fourth-order valence-electron chi connectivity index (χ4n) is 3.07. The molecule has 1 aromatic carbocycles. The number of imidazole rings is 1. The van der Waals surface area contributed by atoms with E-state index in [0.29, 0.717) is 22.7 Å². The number of carbonyl (C=O) groups is 1. The molecular weight excluding hydrogens is 328 g/mol. The summed E-state index contributed by atoms with van der Waals surface area (Å²) in [6, 6.07) is 7.79.